The molecule has 0 amide bonds. The van der Waals surface area contributed by atoms with Gasteiger partial charge in [-0.05, 0) is 31.0 Å². The van der Waals surface area contributed by atoms with Crippen LogP contribution in [-0.4, -0.2) is 52.2 Å². The highest BCUT2D eigenvalue weighted by atomic mass is 19.1. The second-order valence-electron chi connectivity index (χ2n) is 9.12. The topological polar surface area (TPSA) is 59.8 Å². The van der Waals surface area contributed by atoms with Crippen LogP contribution in [0.2, 0.25) is 0 Å². The van der Waals surface area contributed by atoms with Crippen molar-refractivity contribution in [1.82, 2.24) is 14.7 Å². The molecule has 1 atom stereocenters. The van der Waals surface area contributed by atoms with Crippen molar-refractivity contribution < 1.29 is 23.4 Å². The van der Waals surface area contributed by atoms with Gasteiger partial charge in [0.1, 0.15) is 11.5 Å². The summed E-state index contributed by atoms with van der Waals surface area (Å²) in [5, 5.41) is 15.3. The molecule has 3 rings (SSSR count). The normalized spacial score (nSPS) is 12.5. The summed E-state index contributed by atoms with van der Waals surface area (Å²) in [5.74, 6) is -0.792. The van der Waals surface area contributed by atoms with Gasteiger partial charge in [-0.15, -0.1) is 0 Å². The maximum atomic E-state index is 14.4. The van der Waals surface area contributed by atoms with E-state index < -0.39 is 17.7 Å². The standard InChI is InChI=1S/C27H35F2N3O3/c1-5-13-32(15-22(33)18-34-17-19(2)3)16-23-26(20-9-7-6-8-10-20)30-31(4)27(23)35-25-12-11-21(28)14-24(25)29/h6-12,14,19,22,33H,5,13,15-18H2,1-4H3. The van der Waals surface area contributed by atoms with Crippen LogP contribution >= 0.6 is 0 Å². The van der Waals surface area contributed by atoms with E-state index in [1.54, 1.807) is 11.7 Å². The number of halogens is 2. The molecule has 0 aliphatic heterocycles. The molecule has 0 fully saturated rings. The van der Waals surface area contributed by atoms with Gasteiger partial charge in [-0.25, -0.2) is 13.5 Å². The molecular formula is C27H35F2N3O3. The van der Waals surface area contributed by atoms with Crippen molar-refractivity contribution in [1.29, 1.82) is 0 Å². The smallest absolute Gasteiger partial charge is 0.222 e. The predicted molar refractivity (Wildman–Crippen MR) is 132 cm³/mol. The van der Waals surface area contributed by atoms with Gasteiger partial charge in [0.25, 0.3) is 0 Å². The molecule has 0 bridgehead atoms. The number of aliphatic hydroxyl groups is 1. The Morgan fingerprint density at radius 2 is 1.83 bits per heavy atom. The molecule has 1 unspecified atom stereocenters. The zero-order valence-corrected chi connectivity index (χ0v) is 20.9. The van der Waals surface area contributed by atoms with Crippen LogP contribution in [-0.2, 0) is 18.3 Å². The number of benzene rings is 2. The number of hydrogen-bond acceptors (Lipinski definition) is 5. The Morgan fingerprint density at radius 3 is 2.49 bits per heavy atom. The highest BCUT2D eigenvalue weighted by molar-refractivity contribution is 5.65. The first-order chi connectivity index (χ1) is 16.8. The third-order valence-electron chi connectivity index (χ3n) is 5.39. The Kier molecular flexibility index (Phi) is 9.77. The van der Waals surface area contributed by atoms with E-state index >= 15 is 0 Å². The van der Waals surface area contributed by atoms with Crippen LogP contribution < -0.4 is 4.74 Å². The maximum absolute atomic E-state index is 14.4. The fraction of sp³-hybridized carbons (Fsp3) is 0.444. The molecule has 1 heterocycles. The lowest BCUT2D eigenvalue weighted by molar-refractivity contribution is 0.00685. The highest BCUT2D eigenvalue weighted by Crippen LogP contribution is 2.35. The fourth-order valence-electron chi connectivity index (χ4n) is 3.88. The summed E-state index contributed by atoms with van der Waals surface area (Å²) in [7, 11) is 1.73. The third-order valence-corrected chi connectivity index (χ3v) is 5.39. The van der Waals surface area contributed by atoms with E-state index in [0.29, 0.717) is 37.2 Å². The Labute approximate surface area is 206 Å². The third kappa shape index (κ3) is 7.59. The second kappa shape index (κ2) is 12.8. The van der Waals surface area contributed by atoms with Crippen LogP contribution in [0.25, 0.3) is 11.3 Å². The Hall–Kier alpha value is -2.81. The molecule has 2 aromatic carbocycles. The summed E-state index contributed by atoms with van der Waals surface area (Å²) in [4.78, 5) is 2.11. The van der Waals surface area contributed by atoms with Gasteiger partial charge in [0.05, 0.1) is 18.3 Å². The minimum absolute atomic E-state index is 0.0839. The zero-order chi connectivity index (χ0) is 25.4. The van der Waals surface area contributed by atoms with Crippen LogP contribution in [0.4, 0.5) is 8.78 Å². The monoisotopic (exact) mass is 487 g/mol. The predicted octanol–water partition coefficient (Wildman–Crippen LogP) is 5.40. The number of aryl methyl sites for hydroxylation is 1. The van der Waals surface area contributed by atoms with Gasteiger partial charge in [0.2, 0.25) is 5.88 Å². The molecule has 0 radical (unpaired) electrons. The average molecular weight is 488 g/mol. The molecule has 190 valence electrons. The molecule has 0 aliphatic carbocycles. The summed E-state index contributed by atoms with van der Waals surface area (Å²) < 4.78 is 41.0. The molecule has 8 heteroatoms. The summed E-state index contributed by atoms with van der Waals surface area (Å²) in [5.41, 5.74) is 2.35. The Balaban J connectivity index is 1.92. The lowest BCUT2D eigenvalue weighted by atomic mass is 10.1. The first kappa shape index (κ1) is 26.8. The summed E-state index contributed by atoms with van der Waals surface area (Å²) >= 11 is 0. The maximum Gasteiger partial charge on any atom is 0.222 e. The lowest BCUT2D eigenvalue weighted by Crippen LogP contribution is -2.35. The van der Waals surface area contributed by atoms with Crippen molar-refractivity contribution in [3.8, 4) is 22.9 Å². The van der Waals surface area contributed by atoms with E-state index in [4.69, 9.17) is 9.47 Å². The van der Waals surface area contributed by atoms with Crippen molar-refractivity contribution in [3.63, 3.8) is 0 Å². The van der Waals surface area contributed by atoms with Crippen LogP contribution in [0.5, 0.6) is 11.6 Å². The van der Waals surface area contributed by atoms with E-state index in [1.807, 2.05) is 30.3 Å². The number of ether oxygens (including phenoxy) is 2. The van der Waals surface area contributed by atoms with Crippen molar-refractivity contribution in [2.45, 2.75) is 39.8 Å². The minimum Gasteiger partial charge on any atom is -0.436 e. The van der Waals surface area contributed by atoms with Gasteiger partial charge in [-0.3, -0.25) is 4.90 Å². The number of hydrogen-bond donors (Lipinski definition) is 1. The lowest BCUT2D eigenvalue weighted by Gasteiger charge is -2.25. The van der Waals surface area contributed by atoms with Gasteiger partial charge >= 0.3 is 0 Å². The van der Waals surface area contributed by atoms with Crippen LogP contribution in [0, 0.1) is 17.6 Å². The number of aliphatic hydroxyl groups excluding tert-OH is 1. The van der Waals surface area contributed by atoms with Gasteiger partial charge < -0.3 is 14.6 Å². The van der Waals surface area contributed by atoms with E-state index in [1.165, 1.54) is 6.07 Å². The van der Waals surface area contributed by atoms with Gasteiger partial charge in [0.15, 0.2) is 11.6 Å². The molecule has 3 aromatic rings. The highest BCUT2D eigenvalue weighted by Gasteiger charge is 2.24. The number of nitrogens with zero attached hydrogens (tertiary/aromatic N) is 3. The molecule has 1 N–H and O–H groups in total. The molecule has 35 heavy (non-hydrogen) atoms. The second-order valence-corrected chi connectivity index (χ2v) is 9.12. The largest absolute Gasteiger partial charge is 0.436 e. The van der Waals surface area contributed by atoms with Crippen LogP contribution in [0.1, 0.15) is 32.8 Å². The molecule has 1 aromatic heterocycles. The van der Waals surface area contributed by atoms with Crippen LogP contribution in [0.15, 0.2) is 48.5 Å². The van der Waals surface area contributed by atoms with Crippen molar-refractivity contribution >= 4 is 0 Å². The molecule has 0 saturated heterocycles. The summed E-state index contributed by atoms with van der Waals surface area (Å²) in [6.07, 6.45) is 0.222. The van der Waals surface area contributed by atoms with Crippen molar-refractivity contribution in [2.75, 3.05) is 26.3 Å². The zero-order valence-electron chi connectivity index (χ0n) is 20.9. The van der Waals surface area contributed by atoms with Crippen LogP contribution in [0.3, 0.4) is 0 Å². The fourth-order valence-corrected chi connectivity index (χ4v) is 3.88. The minimum atomic E-state index is -0.790. The molecule has 6 nitrogen and oxygen atoms in total. The van der Waals surface area contributed by atoms with Crippen molar-refractivity contribution in [2.24, 2.45) is 13.0 Å². The van der Waals surface area contributed by atoms with E-state index in [2.05, 4.69) is 30.8 Å². The first-order valence-electron chi connectivity index (χ1n) is 12.0. The van der Waals surface area contributed by atoms with E-state index in [9.17, 15) is 13.9 Å². The summed E-state index contributed by atoms with van der Waals surface area (Å²) in [6.45, 7) is 8.60. The van der Waals surface area contributed by atoms with E-state index in [0.717, 1.165) is 36.2 Å². The summed E-state index contributed by atoms with van der Waals surface area (Å²) in [6, 6.07) is 12.9. The van der Waals surface area contributed by atoms with Gasteiger partial charge in [0, 0.05) is 38.4 Å². The molecule has 0 aliphatic rings. The molecular weight excluding hydrogens is 452 g/mol. The first-order valence-corrected chi connectivity index (χ1v) is 12.0. The number of aromatic nitrogens is 2. The van der Waals surface area contributed by atoms with Gasteiger partial charge in [-0.1, -0.05) is 51.1 Å². The SMILES string of the molecule is CCCN(Cc1c(-c2ccccc2)nn(C)c1Oc1ccc(F)cc1F)CC(O)COCC(C)C. The van der Waals surface area contributed by atoms with E-state index in [-0.39, 0.29) is 12.4 Å². The Bertz CT molecular complexity index is 1070. The molecule has 0 spiro atoms. The average Bonchev–Trinajstić information content (AvgIpc) is 3.11. The van der Waals surface area contributed by atoms with Crippen molar-refractivity contribution in [3.05, 3.63) is 65.7 Å². The van der Waals surface area contributed by atoms with Gasteiger partial charge in [-0.2, -0.15) is 5.10 Å². The quantitative estimate of drug-likeness (QED) is 0.350. The molecule has 0 saturated carbocycles. The number of rotatable bonds is 13. The Morgan fingerprint density at radius 1 is 1.09 bits per heavy atom.